The zero-order valence-electron chi connectivity index (χ0n) is 14.5. The molecule has 25 heavy (non-hydrogen) atoms. The van der Waals surface area contributed by atoms with Crippen molar-refractivity contribution in [2.45, 2.75) is 26.2 Å². The molecule has 4 nitrogen and oxygen atoms in total. The number of piperidine rings is 1. The van der Waals surface area contributed by atoms with Gasteiger partial charge >= 0.3 is 0 Å². The lowest BCUT2D eigenvalue weighted by Gasteiger charge is -2.32. The Morgan fingerprint density at radius 1 is 1.36 bits per heavy atom. The van der Waals surface area contributed by atoms with Gasteiger partial charge in [0.2, 0.25) is 0 Å². The molecule has 1 aliphatic rings. The highest BCUT2D eigenvalue weighted by Gasteiger charge is 2.18. The Hall–Kier alpha value is -2.07. The third-order valence-corrected chi connectivity index (χ3v) is 4.83. The van der Waals surface area contributed by atoms with Gasteiger partial charge in [-0.1, -0.05) is 30.7 Å². The number of benzene rings is 1. The molecule has 1 N–H and O–H groups in total. The number of rotatable bonds is 5. The van der Waals surface area contributed by atoms with E-state index < -0.39 is 0 Å². The molecule has 0 bridgehead atoms. The lowest BCUT2D eigenvalue weighted by molar-refractivity contribution is 0.0954. The molecule has 1 saturated heterocycles. The Morgan fingerprint density at radius 3 is 3.04 bits per heavy atom. The maximum Gasteiger partial charge on any atom is 0.252 e. The zero-order chi connectivity index (χ0) is 17.6. The van der Waals surface area contributed by atoms with Crippen LogP contribution in [0.25, 0.3) is 0 Å². The molecule has 1 aromatic carbocycles. The van der Waals surface area contributed by atoms with E-state index in [2.05, 4.69) is 22.1 Å². The summed E-state index contributed by atoms with van der Waals surface area (Å²) in [5, 5.41) is 3.68. The number of nitrogens with one attached hydrogen (secondary N) is 1. The van der Waals surface area contributed by atoms with Crippen LogP contribution in [0.4, 0.5) is 5.69 Å². The third kappa shape index (κ3) is 4.95. The first-order valence-corrected chi connectivity index (χ1v) is 9.22. The first kappa shape index (κ1) is 17.7. The summed E-state index contributed by atoms with van der Waals surface area (Å²) in [4.78, 5) is 19.0. The predicted octanol–water partition coefficient (Wildman–Crippen LogP) is 3.94. The van der Waals surface area contributed by atoms with Gasteiger partial charge < -0.3 is 10.2 Å². The smallest absolute Gasteiger partial charge is 0.252 e. The Balaban J connectivity index is 1.57. The molecule has 0 aliphatic carbocycles. The second-order valence-electron chi connectivity index (χ2n) is 6.76. The van der Waals surface area contributed by atoms with Gasteiger partial charge in [-0.05, 0) is 48.9 Å². The van der Waals surface area contributed by atoms with E-state index in [0.29, 0.717) is 18.0 Å². The van der Waals surface area contributed by atoms with Crippen molar-refractivity contribution in [3.63, 3.8) is 0 Å². The highest BCUT2D eigenvalue weighted by atomic mass is 35.5. The fourth-order valence-corrected chi connectivity index (χ4v) is 3.48. The number of pyridine rings is 1. The summed E-state index contributed by atoms with van der Waals surface area (Å²) in [5.74, 6) is 0.602. The van der Waals surface area contributed by atoms with Gasteiger partial charge in [-0.3, -0.25) is 9.78 Å². The molecule has 1 atom stereocenters. The topological polar surface area (TPSA) is 45.2 Å². The predicted molar refractivity (Wildman–Crippen MR) is 102 cm³/mol. The summed E-state index contributed by atoms with van der Waals surface area (Å²) in [6.07, 6.45) is 6.69. The van der Waals surface area contributed by atoms with Gasteiger partial charge in [-0.25, -0.2) is 0 Å². The van der Waals surface area contributed by atoms with Crippen molar-refractivity contribution >= 4 is 23.2 Å². The number of halogens is 1. The Morgan fingerprint density at radius 2 is 2.24 bits per heavy atom. The highest BCUT2D eigenvalue weighted by molar-refractivity contribution is 6.30. The van der Waals surface area contributed by atoms with Crippen molar-refractivity contribution in [2.75, 3.05) is 24.5 Å². The Bertz CT molecular complexity index is 734. The van der Waals surface area contributed by atoms with Crippen molar-refractivity contribution < 1.29 is 4.79 Å². The van der Waals surface area contributed by atoms with Gasteiger partial charge in [0.05, 0.1) is 17.4 Å². The average Bonchev–Trinajstić information content (AvgIpc) is 2.62. The lowest BCUT2D eigenvalue weighted by Crippen LogP contribution is -2.34. The van der Waals surface area contributed by atoms with Crippen LogP contribution in [0.15, 0.2) is 42.7 Å². The number of carbonyl (C=O) groups is 1. The molecule has 0 spiro atoms. The van der Waals surface area contributed by atoms with Gasteiger partial charge in [0.15, 0.2) is 0 Å². The number of hydrogen-bond acceptors (Lipinski definition) is 3. The van der Waals surface area contributed by atoms with Gasteiger partial charge in [0.25, 0.3) is 5.91 Å². The molecule has 0 radical (unpaired) electrons. The highest BCUT2D eigenvalue weighted by Crippen LogP contribution is 2.22. The number of hydrogen-bond donors (Lipinski definition) is 1. The monoisotopic (exact) mass is 357 g/mol. The Labute approximate surface area is 154 Å². The van der Waals surface area contributed by atoms with Crippen LogP contribution in [0.2, 0.25) is 5.02 Å². The van der Waals surface area contributed by atoms with E-state index in [1.807, 2.05) is 36.5 Å². The van der Waals surface area contributed by atoms with Gasteiger partial charge in [0.1, 0.15) is 0 Å². The van der Waals surface area contributed by atoms with Crippen molar-refractivity contribution in [1.82, 2.24) is 10.3 Å². The van der Waals surface area contributed by atoms with E-state index >= 15 is 0 Å². The van der Waals surface area contributed by atoms with Crippen LogP contribution in [0.3, 0.4) is 0 Å². The molecule has 0 saturated carbocycles. The van der Waals surface area contributed by atoms with Crippen molar-refractivity contribution in [3.8, 4) is 0 Å². The summed E-state index contributed by atoms with van der Waals surface area (Å²) < 4.78 is 0. The van der Waals surface area contributed by atoms with Crippen molar-refractivity contribution in [1.29, 1.82) is 0 Å². The van der Waals surface area contributed by atoms with E-state index in [-0.39, 0.29) is 5.91 Å². The van der Waals surface area contributed by atoms with Crippen LogP contribution in [-0.4, -0.2) is 30.5 Å². The normalized spacial score (nSPS) is 17.4. The summed E-state index contributed by atoms with van der Waals surface area (Å²) in [5.41, 5.74) is 2.76. The summed E-state index contributed by atoms with van der Waals surface area (Å²) >= 11 is 5.98. The van der Waals surface area contributed by atoms with Crippen LogP contribution >= 0.6 is 11.6 Å². The molecule has 1 amide bonds. The number of nitrogens with zero attached hydrogens (tertiary/aromatic N) is 2. The second kappa shape index (κ2) is 8.34. The number of amides is 1. The first-order valence-electron chi connectivity index (χ1n) is 8.84. The summed E-state index contributed by atoms with van der Waals surface area (Å²) in [6, 6.07) is 9.65. The molecule has 2 aromatic rings. The molecule has 1 fully saturated rings. The third-order valence-electron chi connectivity index (χ3n) is 4.60. The van der Waals surface area contributed by atoms with E-state index in [1.165, 1.54) is 12.8 Å². The van der Waals surface area contributed by atoms with E-state index in [0.717, 1.165) is 35.8 Å². The zero-order valence-corrected chi connectivity index (χ0v) is 15.3. The van der Waals surface area contributed by atoms with E-state index in [4.69, 9.17) is 11.6 Å². The van der Waals surface area contributed by atoms with E-state index in [9.17, 15) is 4.79 Å². The SMILES string of the molecule is CC1CCCN(c2cncc(C(=O)NCCc3cccc(Cl)c3)c2)C1. The van der Waals surface area contributed by atoms with E-state index in [1.54, 1.807) is 6.20 Å². The average molecular weight is 358 g/mol. The number of carbonyl (C=O) groups excluding carboxylic acids is 1. The first-order chi connectivity index (χ1) is 12.1. The minimum absolute atomic E-state index is 0.0820. The lowest BCUT2D eigenvalue weighted by atomic mass is 10.00. The van der Waals surface area contributed by atoms with Crippen LogP contribution in [-0.2, 0) is 6.42 Å². The summed E-state index contributed by atoms with van der Waals surface area (Å²) in [6.45, 7) is 4.91. The number of aromatic nitrogens is 1. The minimum Gasteiger partial charge on any atom is -0.370 e. The van der Waals surface area contributed by atoms with Gasteiger partial charge in [-0.15, -0.1) is 0 Å². The molecule has 2 heterocycles. The minimum atomic E-state index is -0.0820. The van der Waals surface area contributed by atoms with Crippen LogP contribution in [0, 0.1) is 5.92 Å². The molecule has 1 aromatic heterocycles. The molecule has 1 unspecified atom stereocenters. The summed E-state index contributed by atoms with van der Waals surface area (Å²) in [7, 11) is 0. The standard InChI is InChI=1S/C20H24ClN3O/c1-15-4-3-9-24(14-15)19-11-17(12-22-13-19)20(25)23-8-7-16-5-2-6-18(21)10-16/h2,5-6,10-13,15H,3-4,7-9,14H2,1H3,(H,23,25). The van der Waals surface area contributed by atoms with Crippen molar-refractivity contribution in [3.05, 3.63) is 58.9 Å². The van der Waals surface area contributed by atoms with Gasteiger partial charge in [-0.2, -0.15) is 0 Å². The van der Waals surface area contributed by atoms with Crippen LogP contribution in [0.5, 0.6) is 0 Å². The van der Waals surface area contributed by atoms with Crippen molar-refractivity contribution in [2.24, 2.45) is 5.92 Å². The fraction of sp³-hybridized carbons (Fsp3) is 0.400. The number of anilines is 1. The fourth-order valence-electron chi connectivity index (χ4n) is 3.26. The molecule has 1 aliphatic heterocycles. The maximum atomic E-state index is 12.4. The molecule has 3 rings (SSSR count). The molecular weight excluding hydrogens is 334 g/mol. The van der Waals surface area contributed by atoms with Crippen LogP contribution < -0.4 is 10.2 Å². The van der Waals surface area contributed by atoms with Gasteiger partial charge in [0, 0.05) is 30.9 Å². The quantitative estimate of drug-likeness (QED) is 0.881. The largest absolute Gasteiger partial charge is 0.370 e. The second-order valence-corrected chi connectivity index (χ2v) is 7.20. The molecule has 5 heteroatoms. The van der Waals surface area contributed by atoms with Crippen LogP contribution in [0.1, 0.15) is 35.7 Å². The maximum absolute atomic E-state index is 12.4. The molecule has 132 valence electrons. The molecular formula is C20H24ClN3O. The Kier molecular flexibility index (Phi) is 5.92.